The summed E-state index contributed by atoms with van der Waals surface area (Å²) >= 11 is 0. The lowest BCUT2D eigenvalue weighted by Gasteiger charge is -2.26. The minimum atomic E-state index is -0.406. The van der Waals surface area contributed by atoms with Gasteiger partial charge in [-0.2, -0.15) is 0 Å². The summed E-state index contributed by atoms with van der Waals surface area (Å²) in [6.07, 6.45) is 4.20. The molecule has 0 aromatic carbocycles. The van der Waals surface area contributed by atoms with Gasteiger partial charge in [0.05, 0.1) is 0 Å². The van der Waals surface area contributed by atoms with Crippen LogP contribution in [0.3, 0.4) is 0 Å². The highest BCUT2D eigenvalue weighted by molar-refractivity contribution is 6.02. The molecular formula is C13H23N3O3. The molecule has 0 aromatic rings. The van der Waals surface area contributed by atoms with Crippen molar-refractivity contribution >= 4 is 17.7 Å². The number of rotatable bonds is 7. The Kier molecular flexibility index (Phi) is 6.49. The maximum absolute atomic E-state index is 12.0. The average Bonchev–Trinajstić information content (AvgIpc) is 2.35. The third-order valence-corrected chi connectivity index (χ3v) is 3.34. The molecule has 1 saturated heterocycles. The molecule has 108 valence electrons. The summed E-state index contributed by atoms with van der Waals surface area (Å²) in [5.41, 5.74) is 5.55. The predicted octanol–water partition coefficient (Wildman–Crippen LogP) is 0.0167. The van der Waals surface area contributed by atoms with E-state index in [9.17, 15) is 14.4 Å². The Labute approximate surface area is 113 Å². The van der Waals surface area contributed by atoms with Crippen LogP contribution in [0.15, 0.2) is 0 Å². The number of carbonyl (C=O) groups is 3. The van der Waals surface area contributed by atoms with Gasteiger partial charge in [0.2, 0.25) is 17.7 Å². The lowest BCUT2D eigenvalue weighted by atomic mass is 9.94. The smallest absolute Gasteiger partial charge is 0.246 e. The normalized spacial score (nSPS) is 17.3. The van der Waals surface area contributed by atoms with Crippen LogP contribution in [0.4, 0.5) is 0 Å². The zero-order valence-electron chi connectivity index (χ0n) is 11.5. The SMILES string of the molecule is CCCC(CCN)CCC(=O)N1CC(=O)NC(=O)C1. The van der Waals surface area contributed by atoms with E-state index >= 15 is 0 Å². The van der Waals surface area contributed by atoms with E-state index in [-0.39, 0.29) is 19.0 Å². The van der Waals surface area contributed by atoms with Crippen molar-refractivity contribution in [3.05, 3.63) is 0 Å². The zero-order valence-corrected chi connectivity index (χ0v) is 11.5. The molecule has 0 aromatic heterocycles. The van der Waals surface area contributed by atoms with E-state index in [1.807, 2.05) is 0 Å². The van der Waals surface area contributed by atoms with Crippen molar-refractivity contribution in [2.75, 3.05) is 19.6 Å². The summed E-state index contributed by atoms with van der Waals surface area (Å²) in [6.45, 7) is 2.71. The molecule has 19 heavy (non-hydrogen) atoms. The van der Waals surface area contributed by atoms with Crippen LogP contribution < -0.4 is 11.1 Å². The van der Waals surface area contributed by atoms with E-state index in [1.54, 1.807) is 0 Å². The number of hydrogen-bond acceptors (Lipinski definition) is 4. The Bertz CT molecular complexity index is 322. The molecule has 0 spiro atoms. The third-order valence-electron chi connectivity index (χ3n) is 3.34. The molecule has 1 rings (SSSR count). The van der Waals surface area contributed by atoms with Gasteiger partial charge in [-0.1, -0.05) is 19.8 Å². The number of amides is 3. The molecule has 0 aliphatic carbocycles. The fraction of sp³-hybridized carbons (Fsp3) is 0.769. The van der Waals surface area contributed by atoms with E-state index in [0.717, 1.165) is 25.7 Å². The molecule has 0 radical (unpaired) electrons. The molecule has 6 nitrogen and oxygen atoms in total. The molecular weight excluding hydrogens is 246 g/mol. The summed E-state index contributed by atoms with van der Waals surface area (Å²) in [5, 5.41) is 2.18. The molecule has 3 N–H and O–H groups in total. The number of piperazine rings is 1. The van der Waals surface area contributed by atoms with Gasteiger partial charge in [0.15, 0.2) is 0 Å². The highest BCUT2D eigenvalue weighted by Crippen LogP contribution is 2.17. The van der Waals surface area contributed by atoms with Crippen LogP contribution in [0.25, 0.3) is 0 Å². The molecule has 1 fully saturated rings. The van der Waals surface area contributed by atoms with Crippen LogP contribution >= 0.6 is 0 Å². The lowest BCUT2D eigenvalue weighted by molar-refractivity contribution is -0.145. The summed E-state index contributed by atoms with van der Waals surface area (Å²) in [6, 6.07) is 0. The molecule has 0 saturated carbocycles. The Morgan fingerprint density at radius 3 is 2.42 bits per heavy atom. The predicted molar refractivity (Wildman–Crippen MR) is 71.0 cm³/mol. The van der Waals surface area contributed by atoms with Gasteiger partial charge in [-0.25, -0.2) is 0 Å². The van der Waals surface area contributed by atoms with Gasteiger partial charge in [0.1, 0.15) is 13.1 Å². The average molecular weight is 269 g/mol. The van der Waals surface area contributed by atoms with Crippen LogP contribution in [0.1, 0.15) is 39.0 Å². The second-order valence-corrected chi connectivity index (χ2v) is 4.99. The number of nitrogens with one attached hydrogen (secondary N) is 1. The maximum atomic E-state index is 12.0. The first kappa shape index (κ1) is 15.6. The van der Waals surface area contributed by atoms with Gasteiger partial charge < -0.3 is 10.6 Å². The van der Waals surface area contributed by atoms with Crippen molar-refractivity contribution in [1.82, 2.24) is 10.2 Å². The van der Waals surface area contributed by atoms with Gasteiger partial charge in [0.25, 0.3) is 0 Å². The van der Waals surface area contributed by atoms with Gasteiger partial charge in [-0.15, -0.1) is 0 Å². The monoisotopic (exact) mass is 269 g/mol. The molecule has 1 atom stereocenters. The van der Waals surface area contributed by atoms with E-state index < -0.39 is 11.8 Å². The van der Waals surface area contributed by atoms with Gasteiger partial charge in [-0.3, -0.25) is 19.7 Å². The molecule has 1 unspecified atom stereocenters. The minimum Gasteiger partial charge on any atom is -0.330 e. The molecule has 3 amide bonds. The lowest BCUT2D eigenvalue weighted by Crippen LogP contribution is -2.53. The van der Waals surface area contributed by atoms with Crippen molar-refractivity contribution in [3.63, 3.8) is 0 Å². The Morgan fingerprint density at radius 1 is 1.26 bits per heavy atom. The van der Waals surface area contributed by atoms with E-state index in [4.69, 9.17) is 5.73 Å². The zero-order chi connectivity index (χ0) is 14.3. The van der Waals surface area contributed by atoms with E-state index in [0.29, 0.717) is 18.9 Å². The van der Waals surface area contributed by atoms with Crippen molar-refractivity contribution in [2.45, 2.75) is 39.0 Å². The molecule has 1 aliphatic rings. The highest BCUT2D eigenvalue weighted by Gasteiger charge is 2.26. The first-order valence-electron chi connectivity index (χ1n) is 6.87. The van der Waals surface area contributed by atoms with E-state index in [1.165, 1.54) is 4.90 Å². The van der Waals surface area contributed by atoms with Crippen LogP contribution in [-0.2, 0) is 14.4 Å². The molecule has 1 heterocycles. The van der Waals surface area contributed by atoms with Crippen molar-refractivity contribution in [1.29, 1.82) is 0 Å². The van der Waals surface area contributed by atoms with Crippen LogP contribution in [-0.4, -0.2) is 42.3 Å². The van der Waals surface area contributed by atoms with Crippen molar-refractivity contribution in [2.24, 2.45) is 11.7 Å². The number of imide groups is 1. The largest absolute Gasteiger partial charge is 0.330 e. The Hall–Kier alpha value is -1.43. The van der Waals surface area contributed by atoms with Gasteiger partial charge >= 0.3 is 0 Å². The second-order valence-electron chi connectivity index (χ2n) is 4.99. The molecule has 6 heteroatoms. The number of nitrogens with two attached hydrogens (primary N) is 1. The maximum Gasteiger partial charge on any atom is 0.246 e. The van der Waals surface area contributed by atoms with Crippen LogP contribution in [0.5, 0.6) is 0 Å². The fourth-order valence-electron chi connectivity index (χ4n) is 2.38. The summed E-state index contributed by atoms with van der Waals surface area (Å²) in [4.78, 5) is 35.7. The van der Waals surface area contributed by atoms with E-state index in [2.05, 4.69) is 12.2 Å². The first-order valence-corrected chi connectivity index (χ1v) is 6.87. The van der Waals surface area contributed by atoms with Gasteiger partial charge in [0, 0.05) is 6.42 Å². The number of nitrogens with zero attached hydrogens (tertiary/aromatic N) is 1. The number of carbonyl (C=O) groups excluding carboxylic acids is 3. The molecule has 0 bridgehead atoms. The minimum absolute atomic E-state index is 0.0140. The molecule has 1 aliphatic heterocycles. The van der Waals surface area contributed by atoms with Crippen LogP contribution in [0, 0.1) is 5.92 Å². The Morgan fingerprint density at radius 2 is 1.89 bits per heavy atom. The number of hydrogen-bond donors (Lipinski definition) is 2. The highest BCUT2D eigenvalue weighted by atomic mass is 16.2. The topological polar surface area (TPSA) is 92.5 Å². The van der Waals surface area contributed by atoms with Crippen molar-refractivity contribution in [3.8, 4) is 0 Å². The first-order chi connectivity index (χ1) is 9.06. The summed E-state index contributed by atoms with van der Waals surface area (Å²) in [5.74, 6) is -0.483. The van der Waals surface area contributed by atoms with Crippen molar-refractivity contribution < 1.29 is 14.4 Å². The summed E-state index contributed by atoms with van der Waals surface area (Å²) < 4.78 is 0. The fourth-order valence-corrected chi connectivity index (χ4v) is 2.38. The third kappa shape index (κ3) is 5.38. The second kappa shape index (κ2) is 7.89. The standard InChI is InChI=1S/C13H23N3O3/c1-2-3-10(6-7-14)4-5-13(19)16-8-11(17)15-12(18)9-16/h10H,2-9,14H2,1H3,(H,15,17,18). The van der Waals surface area contributed by atoms with Gasteiger partial charge in [-0.05, 0) is 25.3 Å². The van der Waals surface area contributed by atoms with Crippen LogP contribution in [0.2, 0.25) is 0 Å². The summed E-state index contributed by atoms with van der Waals surface area (Å²) in [7, 11) is 0. The quantitative estimate of drug-likeness (QED) is 0.637. The Balaban J connectivity index is 2.40.